The summed E-state index contributed by atoms with van der Waals surface area (Å²) < 4.78 is 12.2. The van der Waals surface area contributed by atoms with Gasteiger partial charge in [-0.2, -0.15) is 0 Å². The van der Waals surface area contributed by atoms with Crippen LogP contribution in [0.3, 0.4) is 0 Å². The Balaban J connectivity index is 1.95. The van der Waals surface area contributed by atoms with Gasteiger partial charge in [0.2, 0.25) is 0 Å². The van der Waals surface area contributed by atoms with Gasteiger partial charge < -0.3 is 10.0 Å². The van der Waals surface area contributed by atoms with Crippen LogP contribution in [0.2, 0.25) is 0 Å². The molecule has 1 N–H and O–H groups in total. The lowest BCUT2D eigenvalue weighted by Gasteiger charge is -2.35. The Morgan fingerprint density at radius 1 is 1.24 bits per heavy atom. The molecule has 21 heavy (non-hydrogen) atoms. The van der Waals surface area contributed by atoms with Gasteiger partial charge in [0.05, 0.1) is 6.67 Å². The van der Waals surface area contributed by atoms with Crippen molar-refractivity contribution in [2.45, 2.75) is 57.9 Å². The second kappa shape index (κ2) is 8.38. The monoisotopic (exact) mass is 293 g/mol. The number of benzene rings is 1. The maximum atomic E-state index is 12.2. The Morgan fingerprint density at radius 3 is 2.86 bits per heavy atom. The zero-order valence-electron chi connectivity index (χ0n) is 13.2. The molecule has 0 fully saturated rings. The van der Waals surface area contributed by atoms with E-state index in [4.69, 9.17) is 0 Å². The molecule has 1 atom stereocenters. The summed E-state index contributed by atoms with van der Waals surface area (Å²) >= 11 is 0. The van der Waals surface area contributed by atoms with E-state index in [0.717, 1.165) is 57.2 Å². The van der Waals surface area contributed by atoms with Crippen LogP contribution in [0.25, 0.3) is 0 Å². The molecule has 0 aliphatic heterocycles. The number of halogens is 1. The zero-order chi connectivity index (χ0) is 15.1. The molecular formula is C18H28FNO. The predicted octanol–water partition coefficient (Wildman–Crippen LogP) is 4.10. The van der Waals surface area contributed by atoms with Crippen molar-refractivity contribution in [3.05, 3.63) is 29.3 Å². The topological polar surface area (TPSA) is 23.5 Å². The Hall–Kier alpha value is -1.09. The van der Waals surface area contributed by atoms with Gasteiger partial charge in [0.25, 0.3) is 0 Å². The molecule has 1 aliphatic rings. The van der Waals surface area contributed by atoms with Crippen LogP contribution in [-0.2, 0) is 12.8 Å². The summed E-state index contributed by atoms with van der Waals surface area (Å²) in [6, 6.07) is 6.46. The molecule has 0 spiro atoms. The van der Waals surface area contributed by atoms with E-state index in [0.29, 0.717) is 18.2 Å². The third-order valence-electron chi connectivity index (χ3n) is 4.54. The normalized spacial score (nSPS) is 18.0. The number of rotatable bonds is 8. The molecule has 1 unspecified atom stereocenters. The van der Waals surface area contributed by atoms with Crippen LogP contribution in [-0.4, -0.2) is 35.8 Å². The van der Waals surface area contributed by atoms with Crippen molar-refractivity contribution >= 4 is 0 Å². The second-order valence-corrected chi connectivity index (χ2v) is 6.10. The zero-order valence-corrected chi connectivity index (χ0v) is 13.2. The van der Waals surface area contributed by atoms with E-state index >= 15 is 0 Å². The van der Waals surface area contributed by atoms with Crippen molar-refractivity contribution in [3.63, 3.8) is 0 Å². The average Bonchev–Trinajstić information content (AvgIpc) is 2.50. The predicted molar refractivity (Wildman–Crippen MR) is 85.6 cm³/mol. The van der Waals surface area contributed by atoms with E-state index in [1.807, 2.05) is 6.07 Å². The van der Waals surface area contributed by atoms with Gasteiger partial charge in [-0.25, -0.2) is 0 Å². The number of fused-ring (bicyclic) bond motifs is 1. The SMILES string of the molecule is CCCN(CCCCCF)C1CCc2c(O)cccc2C1. The first-order valence-electron chi connectivity index (χ1n) is 8.36. The number of hydrogen-bond donors (Lipinski definition) is 1. The van der Waals surface area contributed by atoms with Gasteiger partial charge in [-0.1, -0.05) is 19.1 Å². The number of hydrogen-bond acceptors (Lipinski definition) is 2. The van der Waals surface area contributed by atoms with Crippen molar-refractivity contribution in [1.82, 2.24) is 4.90 Å². The first kappa shape index (κ1) is 16.3. The third kappa shape index (κ3) is 4.44. The number of alkyl halides is 1. The molecule has 1 aliphatic carbocycles. The Kier molecular flexibility index (Phi) is 6.50. The summed E-state index contributed by atoms with van der Waals surface area (Å²) in [5.41, 5.74) is 2.44. The Morgan fingerprint density at radius 2 is 2.10 bits per heavy atom. The number of aromatic hydroxyl groups is 1. The van der Waals surface area contributed by atoms with Crippen LogP contribution in [0.5, 0.6) is 5.75 Å². The first-order chi connectivity index (χ1) is 10.3. The van der Waals surface area contributed by atoms with Gasteiger partial charge in [-0.3, -0.25) is 4.39 Å². The molecule has 0 saturated carbocycles. The van der Waals surface area contributed by atoms with Crippen molar-refractivity contribution in [1.29, 1.82) is 0 Å². The number of nitrogens with zero attached hydrogens (tertiary/aromatic N) is 1. The average molecular weight is 293 g/mol. The summed E-state index contributed by atoms with van der Waals surface area (Å²) in [5.74, 6) is 0.455. The molecule has 0 radical (unpaired) electrons. The van der Waals surface area contributed by atoms with Crippen LogP contribution >= 0.6 is 0 Å². The summed E-state index contributed by atoms with van der Waals surface area (Å²) in [4.78, 5) is 2.57. The summed E-state index contributed by atoms with van der Waals surface area (Å²) in [6.07, 6.45) is 7.06. The van der Waals surface area contributed by atoms with E-state index in [2.05, 4.69) is 17.9 Å². The Labute approximate surface area is 128 Å². The van der Waals surface area contributed by atoms with Gasteiger partial charge in [0.15, 0.2) is 0 Å². The highest BCUT2D eigenvalue weighted by molar-refractivity contribution is 5.41. The maximum absolute atomic E-state index is 12.2. The van der Waals surface area contributed by atoms with Gasteiger partial charge >= 0.3 is 0 Å². The van der Waals surface area contributed by atoms with Crippen molar-refractivity contribution in [2.24, 2.45) is 0 Å². The van der Waals surface area contributed by atoms with E-state index in [9.17, 15) is 9.50 Å². The Bertz CT molecular complexity index is 435. The van der Waals surface area contributed by atoms with E-state index in [1.165, 1.54) is 5.56 Å². The second-order valence-electron chi connectivity index (χ2n) is 6.10. The van der Waals surface area contributed by atoms with E-state index < -0.39 is 0 Å². The maximum Gasteiger partial charge on any atom is 0.119 e. The molecule has 118 valence electrons. The minimum atomic E-state index is -0.191. The quantitative estimate of drug-likeness (QED) is 0.729. The first-order valence-corrected chi connectivity index (χ1v) is 8.36. The van der Waals surface area contributed by atoms with Crippen LogP contribution < -0.4 is 0 Å². The fourth-order valence-corrected chi connectivity index (χ4v) is 3.43. The largest absolute Gasteiger partial charge is 0.508 e. The van der Waals surface area contributed by atoms with E-state index in [-0.39, 0.29) is 6.67 Å². The molecule has 0 bridgehead atoms. The molecule has 2 nitrogen and oxygen atoms in total. The molecule has 0 amide bonds. The molecule has 0 aromatic heterocycles. The minimum absolute atomic E-state index is 0.191. The van der Waals surface area contributed by atoms with Crippen LogP contribution in [0.4, 0.5) is 4.39 Å². The molecule has 1 aromatic rings. The molecule has 1 aromatic carbocycles. The smallest absolute Gasteiger partial charge is 0.119 e. The summed E-state index contributed by atoms with van der Waals surface area (Å²) in [7, 11) is 0. The van der Waals surface area contributed by atoms with Gasteiger partial charge in [-0.05, 0) is 75.2 Å². The highest BCUT2D eigenvalue weighted by Crippen LogP contribution is 2.30. The van der Waals surface area contributed by atoms with Crippen LogP contribution in [0.15, 0.2) is 18.2 Å². The standard InChI is InChI=1S/C18H28FNO/c1-2-12-20(13-5-3-4-11-19)16-9-10-17-15(14-16)7-6-8-18(17)21/h6-8,16,21H,2-5,9-14H2,1H3. The van der Waals surface area contributed by atoms with Gasteiger partial charge in [0, 0.05) is 6.04 Å². The number of phenolic OH excluding ortho intramolecular Hbond substituents is 1. The molecule has 2 rings (SSSR count). The highest BCUT2D eigenvalue weighted by atomic mass is 19.1. The van der Waals surface area contributed by atoms with Crippen LogP contribution in [0.1, 0.15) is 50.2 Å². The molecule has 3 heteroatoms. The van der Waals surface area contributed by atoms with Gasteiger partial charge in [0.1, 0.15) is 5.75 Å². The highest BCUT2D eigenvalue weighted by Gasteiger charge is 2.24. The fraction of sp³-hybridized carbons (Fsp3) is 0.667. The van der Waals surface area contributed by atoms with Crippen molar-refractivity contribution in [3.8, 4) is 5.75 Å². The fourth-order valence-electron chi connectivity index (χ4n) is 3.43. The molecule has 0 saturated heterocycles. The van der Waals surface area contributed by atoms with Crippen LogP contribution in [0, 0.1) is 0 Å². The molecule has 0 heterocycles. The molecular weight excluding hydrogens is 265 g/mol. The third-order valence-corrected chi connectivity index (χ3v) is 4.54. The lowest BCUT2D eigenvalue weighted by Crippen LogP contribution is -2.40. The van der Waals surface area contributed by atoms with Gasteiger partial charge in [-0.15, -0.1) is 0 Å². The van der Waals surface area contributed by atoms with Crippen molar-refractivity contribution in [2.75, 3.05) is 19.8 Å². The van der Waals surface area contributed by atoms with E-state index in [1.54, 1.807) is 6.07 Å². The van der Waals surface area contributed by atoms with Crippen molar-refractivity contribution < 1.29 is 9.50 Å². The lowest BCUT2D eigenvalue weighted by atomic mass is 9.86. The number of phenols is 1. The minimum Gasteiger partial charge on any atom is -0.508 e. The summed E-state index contributed by atoms with van der Waals surface area (Å²) in [6.45, 7) is 4.22. The number of unbranched alkanes of at least 4 members (excludes halogenated alkanes) is 2. The lowest BCUT2D eigenvalue weighted by molar-refractivity contribution is 0.175. The summed E-state index contributed by atoms with van der Waals surface area (Å²) in [5, 5.41) is 9.94.